The van der Waals surface area contributed by atoms with Gasteiger partial charge in [0.25, 0.3) is 0 Å². The highest BCUT2D eigenvalue weighted by Gasteiger charge is 2.04. The zero-order valence-electron chi connectivity index (χ0n) is 9.50. The molecule has 0 bridgehead atoms. The van der Waals surface area contributed by atoms with Gasteiger partial charge in [0.15, 0.2) is 0 Å². The molecule has 0 unspecified atom stereocenters. The SMILES string of the molecule is Fc1cc(F)cc(COc2ccccc2CBr)c1. The molecule has 18 heavy (non-hydrogen) atoms. The standard InChI is InChI=1S/C14H11BrF2O/c15-8-11-3-1-2-4-14(11)18-9-10-5-12(16)7-13(17)6-10/h1-7H,8-9H2. The third kappa shape index (κ3) is 3.29. The molecule has 0 radical (unpaired) electrons. The monoisotopic (exact) mass is 312 g/mol. The van der Waals surface area contributed by atoms with Crippen molar-refractivity contribution in [2.45, 2.75) is 11.9 Å². The lowest BCUT2D eigenvalue weighted by atomic mass is 10.2. The lowest BCUT2D eigenvalue weighted by molar-refractivity contribution is 0.302. The van der Waals surface area contributed by atoms with E-state index in [0.717, 1.165) is 11.6 Å². The largest absolute Gasteiger partial charge is 0.489 e. The van der Waals surface area contributed by atoms with Gasteiger partial charge in [-0.3, -0.25) is 0 Å². The minimum absolute atomic E-state index is 0.138. The van der Waals surface area contributed by atoms with E-state index >= 15 is 0 Å². The molecular formula is C14H11BrF2O. The lowest BCUT2D eigenvalue weighted by Crippen LogP contribution is -1.99. The van der Waals surface area contributed by atoms with Crippen molar-refractivity contribution in [3.8, 4) is 5.75 Å². The second-order valence-electron chi connectivity index (χ2n) is 3.81. The Morgan fingerprint density at radius 1 is 1.00 bits per heavy atom. The van der Waals surface area contributed by atoms with Crippen LogP contribution in [0, 0.1) is 11.6 Å². The van der Waals surface area contributed by atoms with Crippen molar-refractivity contribution in [2.75, 3.05) is 0 Å². The first-order valence-corrected chi connectivity index (χ1v) is 6.53. The molecule has 0 N–H and O–H groups in total. The summed E-state index contributed by atoms with van der Waals surface area (Å²) in [4.78, 5) is 0. The van der Waals surface area contributed by atoms with Crippen LogP contribution in [0.5, 0.6) is 5.75 Å². The van der Waals surface area contributed by atoms with Crippen LogP contribution in [0.25, 0.3) is 0 Å². The first-order valence-electron chi connectivity index (χ1n) is 5.40. The van der Waals surface area contributed by atoms with Crippen LogP contribution in [-0.4, -0.2) is 0 Å². The zero-order chi connectivity index (χ0) is 13.0. The quantitative estimate of drug-likeness (QED) is 0.758. The van der Waals surface area contributed by atoms with Crippen molar-refractivity contribution in [3.63, 3.8) is 0 Å². The normalized spacial score (nSPS) is 10.4. The maximum Gasteiger partial charge on any atom is 0.126 e. The molecule has 1 nitrogen and oxygen atoms in total. The summed E-state index contributed by atoms with van der Waals surface area (Å²) in [5.41, 5.74) is 1.46. The van der Waals surface area contributed by atoms with Crippen LogP contribution in [0.3, 0.4) is 0 Å². The molecule has 0 spiro atoms. The van der Waals surface area contributed by atoms with E-state index in [9.17, 15) is 8.78 Å². The Bertz CT molecular complexity index is 523. The van der Waals surface area contributed by atoms with Crippen molar-refractivity contribution in [3.05, 3.63) is 65.2 Å². The molecule has 2 aromatic rings. The summed E-state index contributed by atoms with van der Waals surface area (Å²) < 4.78 is 31.6. The Morgan fingerprint density at radius 3 is 2.33 bits per heavy atom. The number of hydrogen-bond acceptors (Lipinski definition) is 1. The number of alkyl halides is 1. The number of hydrogen-bond donors (Lipinski definition) is 0. The van der Waals surface area contributed by atoms with Crippen LogP contribution in [-0.2, 0) is 11.9 Å². The van der Waals surface area contributed by atoms with Gasteiger partial charge in [-0.1, -0.05) is 34.1 Å². The van der Waals surface area contributed by atoms with Gasteiger partial charge in [-0.2, -0.15) is 0 Å². The van der Waals surface area contributed by atoms with Crippen LogP contribution in [0.4, 0.5) is 8.78 Å². The molecule has 0 saturated heterocycles. The summed E-state index contributed by atoms with van der Waals surface area (Å²) in [6, 6.07) is 10.9. The molecule has 2 rings (SSSR count). The van der Waals surface area contributed by atoms with E-state index in [1.165, 1.54) is 12.1 Å². The van der Waals surface area contributed by atoms with Crippen LogP contribution in [0.1, 0.15) is 11.1 Å². The smallest absolute Gasteiger partial charge is 0.126 e. The van der Waals surface area contributed by atoms with Gasteiger partial charge >= 0.3 is 0 Å². The van der Waals surface area contributed by atoms with Gasteiger partial charge in [0, 0.05) is 17.0 Å². The van der Waals surface area contributed by atoms with E-state index < -0.39 is 11.6 Å². The van der Waals surface area contributed by atoms with Crippen LogP contribution in [0.15, 0.2) is 42.5 Å². The Labute approximate surface area is 113 Å². The van der Waals surface area contributed by atoms with E-state index in [0.29, 0.717) is 16.6 Å². The van der Waals surface area contributed by atoms with E-state index in [1.54, 1.807) is 0 Å². The Balaban J connectivity index is 2.11. The Hall–Kier alpha value is -1.42. The predicted molar refractivity (Wildman–Crippen MR) is 69.8 cm³/mol. The van der Waals surface area contributed by atoms with Crippen LogP contribution in [0.2, 0.25) is 0 Å². The van der Waals surface area contributed by atoms with Crippen molar-refractivity contribution in [1.82, 2.24) is 0 Å². The topological polar surface area (TPSA) is 9.23 Å². The van der Waals surface area contributed by atoms with Gasteiger partial charge in [0.05, 0.1) is 0 Å². The molecule has 0 aliphatic heterocycles. The molecule has 0 saturated carbocycles. The summed E-state index contributed by atoms with van der Waals surface area (Å²) in [6.45, 7) is 0.138. The molecule has 0 fully saturated rings. The minimum atomic E-state index is -0.595. The minimum Gasteiger partial charge on any atom is -0.489 e. The van der Waals surface area contributed by atoms with E-state index in [1.807, 2.05) is 24.3 Å². The number of halogens is 3. The van der Waals surface area contributed by atoms with Gasteiger partial charge in [-0.15, -0.1) is 0 Å². The van der Waals surface area contributed by atoms with Crippen molar-refractivity contribution < 1.29 is 13.5 Å². The Kier molecular flexibility index (Phi) is 4.31. The predicted octanol–water partition coefficient (Wildman–Crippen LogP) is 4.44. The average molecular weight is 313 g/mol. The highest BCUT2D eigenvalue weighted by Crippen LogP contribution is 2.21. The fraction of sp³-hybridized carbons (Fsp3) is 0.143. The summed E-state index contributed by atoms with van der Waals surface area (Å²) in [5.74, 6) is -0.483. The second-order valence-corrected chi connectivity index (χ2v) is 4.37. The highest BCUT2D eigenvalue weighted by molar-refractivity contribution is 9.08. The first-order chi connectivity index (χ1) is 8.69. The molecule has 2 aromatic carbocycles. The number of benzene rings is 2. The molecule has 0 aliphatic rings. The van der Waals surface area contributed by atoms with E-state index in [-0.39, 0.29) is 6.61 Å². The molecule has 0 atom stereocenters. The van der Waals surface area contributed by atoms with Crippen LogP contribution >= 0.6 is 15.9 Å². The van der Waals surface area contributed by atoms with Gasteiger partial charge in [0.2, 0.25) is 0 Å². The van der Waals surface area contributed by atoms with Gasteiger partial charge < -0.3 is 4.74 Å². The maximum atomic E-state index is 13.0. The van der Waals surface area contributed by atoms with Gasteiger partial charge in [-0.25, -0.2) is 8.78 Å². The van der Waals surface area contributed by atoms with Crippen molar-refractivity contribution >= 4 is 15.9 Å². The highest BCUT2D eigenvalue weighted by atomic mass is 79.9. The third-order valence-electron chi connectivity index (χ3n) is 2.43. The molecule has 0 heterocycles. The zero-order valence-corrected chi connectivity index (χ0v) is 11.1. The lowest BCUT2D eigenvalue weighted by Gasteiger charge is -2.10. The molecule has 94 valence electrons. The molecule has 4 heteroatoms. The maximum absolute atomic E-state index is 13.0. The van der Waals surface area contributed by atoms with Crippen LogP contribution < -0.4 is 4.74 Å². The Morgan fingerprint density at radius 2 is 1.67 bits per heavy atom. The van der Waals surface area contributed by atoms with E-state index in [4.69, 9.17) is 4.74 Å². The van der Waals surface area contributed by atoms with Gasteiger partial charge in [0.1, 0.15) is 24.0 Å². The fourth-order valence-electron chi connectivity index (χ4n) is 1.61. The summed E-state index contributed by atoms with van der Waals surface area (Å²) in [5, 5.41) is 0.667. The molecule has 0 amide bonds. The number of ether oxygens (including phenoxy) is 1. The average Bonchev–Trinajstić information content (AvgIpc) is 2.35. The number of para-hydroxylation sites is 1. The summed E-state index contributed by atoms with van der Waals surface area (Å²) >= 11 is 3.36. The molecule has 0 aliphatic carbocycles. The summed E-state index contributed by atoms with van der Waals surface area (Å²) in [6.07, 6.45) is 0. The van der Waals surface area contributed by atoms with E-state index in [2.05, 4.69) is 15.9 Å². The van der Waals surface area contributed by atoms with Crippen molar-refractivity contribution in [2.24, 2.45) is 0 Å². The molecular weight excluding hydrogens is 302 g/mol. The van der Waals surface area contributed by atoms with Gasteiger partial charge in [-0.05, 0) is 23.8 Å². The second kappa shape index (κ2) is 5.96. The fourth-order valence-corrected chi connectivity index (χ4v) is 2.07. The first kappa shape index (κ1) is 13.0. The summed E-state index contributed by atoms with van der Waals surface area (Å²) in [7, 11) is 0. The number of rotatable bonds is 4. The molecule has 0 aromatic heterocycles. The van der Waals surface area contributed by atoms with Crippen molar-refractivity contribution in [1.29, 1.82) is 0 Å². The third-order valence-corrected chi connectivity index (χ3v) is 3.04.